The van der Waals surface area contributed by atoms with Gasteiger partial charge >= 0.3 is 0 Å². The Kier molecular flexibility index (Phi) is 6.75. The number of aryl methyl sites for hydroxylation is 1. The molecule has 1 N–H and O–H groups in total. The third-order valence-corrected chi connectivity index (χ3v) is 6.33. The van der Waals surface area contributed by atoms with E-state index in [9.17, 15) is 14.0 Å². The molecule has 0 bridgehead atoms. The second-order valence-electron chi connectivity index (χ2n) is 7.69. The first-order chi connectivity index (χ1) is 15.5. The van der Waals surface area contributed by atoms with Gasteiger partial charge in [0, 0.05) is 24.7 Å². The van der Waals surface area contributed by atoms with Crippen LogP contribution in [-0.2, 0) is 4.79 Å². The molecule has 9 heteroatoms. The van der Waals surface area contributed by atoms with Crippen molar-refractivity contribution in [3.63, 3.8) is 0 Å². The van der Waals surface area contributed by atoms with Crippen molar-refractivity contribution in [2.24, 2.45) is 0 Å². The first kappa shape index (κ1) is 21.9. The highest BCUT2D eigenvalue weighted by Crippen LogP contribution is 2.29. The Morgan fingerprint density at radius 2 is 1.91 bits per heavy atom. The predicted octanol–water partition coefficient (Wildman–Crippen LogP) is 4.02. The lowest BCUT2D eigenvalue weighted by Crippen LogP contribution is -2.41. The van der Waals surface area contributed by atoms with E-state index in [2.05, 4.69) is 15.5 Å². The number of hydrogen-bond acceptors (Lipinski definition) is 6. The largest absolute Gasteiger partial charge is 0.484 e. The molecule has 1 fully saturated rings. The second-order valence-corrected chi connectivity index (χ2v) is 8.70. The molecule has 3 aromatic rings. The number of aromatic nitrogens is 2. The Balaban J connectivity index is 1.33. The standard InChI is InChI=1S/C23H23FN4O3S/c1-15-4-8-18(9-5-15)25-21(30)23-27-26-22(32-23)16-3-2-12-28(13-16)20(29)14-31-19-10-6-17(24)7-11-19/h4-11,16H,2-3,12-14H2,1H3,(H,25,30)/t16-/m1/s1. The summed E-state index contributed by atoms with van der Waals surface area (Å²) in [5, 5.41) is 12.1. The molecule has 166 valence electrons. The lowest BCUT2D eigenvalue weighted by Gasteiger charge is -2.31. The Morgan fingerprint density at radius 1 is 1.16 bits per heavy atom. The minimum Gasteiger partial charge on any atom is -0.484 e. The van der Waals surface area contributed by atoms with E-state index in [0.29, 0.717) is 29.5 Å². The van der Waals surface area contributed by atoms with Crippen molar-refractivity contribution in [3.8, 4) is 5.75 Å². The van der Waals surface area contributed by atoms with Gasteiger partial charge in [0.15, 0.2) is 6.61 Å². The third kappa shape index (κ3) is 5.47. The summed E-state index contributed by atoms with van der Waals surface area (Å²) in [6.07, 6.45) is 1.70. The fraction of sp³-hybridized carbons (Fsp3) is 0.304. The van der Waals surface area contributed by atoms with Gasteiger partial charge < -0.3 is 15.0 Å². The van der Waals surface area contributed by atoms with Gasteiger partial charge in [-0.2, -0.15) is 0 Å². The number of piperidine rings is 1. The molecule has 2 heterocycles. The normalized spacial score (nSPS) is 15.9. The Morgan fingerprint density at radius 3 is 2.66 bits per heavy atom. The first-order valence-electron chi connectivity index (χ1n) is 10.4. The van der Waals surface area contributed by atoms with Crippen molar-refractivity contribution in [2.45, 2.75) is 25.7 Å². The molecule has 4 rings (SSSR count). The smallest absolute Gasteiger partial charge is 0.286 e. The average Bonchev–Trinajstić information content (AvgIpc) is 3.31. The summed E-state index contributed by atoms with van der Waals surface area (Å²) < 4.78 is 18.5. The van der Waals surface area contributed by atoms with Crippen LogP contribution < -0.4 is 10.1 Å². The summed E-state index contributed by atoms with van der Waals surface area (Å²) in [6, 6.07) is 13.1. The maximum atomic E-state index is 13.0. The number of carbonyl (C=O) groups excluding carboxylic acids is 2. The van der Waals surface area contributed by atoms with Crippen LogP contribution in [0.3, 0.4) is 0 Å². The Hall–Kier alpha value is -3.33. The quantitative estimate of drug-likeness (QED) is 0.608. The van der Waals surface area contributed by atoms with Crippen molar-refractivity contribution in [3.05, 3.63) is 69.9 Å². The molecule has 0 radical (unpaired) electrons. The lowest BCUT2D eigenvalue weighted by atomic mass is 9.99. The van der Waals surface area contributed by atoms with E-state index in [1.807, 2.05) is 31.2 Å². The van der Waals surface area contributed by atoms with Crippen molar-refractivity contribution < 1.29 is 18.7 Å². The van der Waals surface area contributed by atoms with E-state index < -0.39 is 0 Å². The number of halogens is 1. The number of amides is 2. The monoisotopic (exact) mass is 454 g/mol. The van der Waals surface area contributed by atoms with Crippen LogP contribution in [0.4, 0.5) is 10.1 Å². The zero-order chi connectivity index (χ0) is 22.5. The maximum absolute atomic E-state index is 13.0. The van der Waals surface area contributed by atoms with Crippen LogP contribution in [-0.4, -0.2) is 46.6 Å². The summed E-state index contributed by atoms with van der Waals surface area (Å²) in [5.41, 5.74) is 1.81. The Labute approximate surface area is 189 Å². The molecule has 1 saturated heterocycles. The number of carbonyl (C=O) groups is 2. The molecule has 7 nitrogen and oxygen atoms in total. The first-order valence-corrected chi connectivity index (χ1v) is 11.2. The van der Waals surface area contributed by atoms with E-state index >= 15 is 0 Å². The van der Waals surface area contributed by atoms with E-state index in [1.165, 1.54) is 35.6 Å². The van der Waals surface area contributed by atoms with Crippen molar-refractivity contribution >= 4 is 28.8 Å². The molecule has 1 atom stereocenters. The molecule has 2 aromatic carbocycles. The minimum atomic E-state index is -0.355. The van der Waals surface area contributed by atoms with Gasteiger partial charge in [-0.3, -0.25) is 9.59 Å². The van der Waals surface area contributed by atoms with E-state index in [-0.39, 0.29) is 30.2 Å². The molecule has 0 unspecified atom stereocenters. The number of benzene rings is 2. The highest BCUT2D eigenvalue weighted by molar-refractivity contribution is 7.13. The highest BCUT2D eigenvalue weighted by Gasteiger charge is 2.28. The molecule has 2 amide bonds. The van der Waals surface area contributed by atoms with Gasteiger partial charge in [-0.15, -0.1) is 10.2 Å². The molecular weight excluding hydrogens is 431 g/mol. The highest BCUT2D eigenvalue weighted by atomic mass is 32.1. The summed E-state index contributed by atoms with van der Waals surface area (Å²) in [6.45, 7) is 3.01. The van der Waals surface area contributed by atoms with Crippen LogP contribution in [0.25, 0.3) is 0 Å². The molecule has 1 aliphatic heterocycles. The average molecular weight is 455 g/mol. The number of nitrogens with zero attached hydrogens (tertiary/aromatic N) is 3. The van der Waals surface area contributed by atoms with Gasteiger partial charge in [0.2, 0.25) is 5.01 Å². The van der Waals surface area contributed by atoms with Crippen LogP contribution >= 0.6 is 11.3 Å². The van der Waals surface area contributed by atoms with Crippen LogP contribution in [0.15, 0.2) is 48.5 Å². The van der Waals surface area contributed by atoms with E-state index in [1.54, 1.807) is 4.90 Å². The molecule has 0 aliphatic carbocycles. The summed E-state index contributed by atoms with van der Waals surface area (Å²) in [4.78, 5) is 26.8. The van der Waals surface area contributed by atoms with Crippen LogP contribution in [0.5, 0.6) is 5.75 Å². The summed E-state index contributed by atoms with van der Waals surface area (Å²) >= 11 is 1.26. The molecular formula is C23H23FN4O3S. The zero-order valence-electron chi connectivity index (χ0n) is 17.6. The molecule has 1 aliphatic rings. The molecule has 0 spiro atoms. The van der Waals surface area contributed by atoms with Crippen LogP contribution in [0, 0.1) is 12.7 Å². The fourth-order valence-electron chi connectivity index (χ4n) is 3.49. The number of hydrogen-bond donors (Lipinski definition) is 1. The summed E-state index contributed by atoms with van der Waals surface area (Å²) in [5.74, 6) is -0.319. The van der Waals surface area contributed by atoms with Crippen molar-refractivity contribution in [1.29, 1.82) is 0 Å². The fourth-order valence-corrected chi connectivity index (χ4v) is 4.35. The van der Waals surface area contributed by atoms with E-state index in [4.69, 9.17) is 4.74 Å². The number of anilines is 1. The third-order valence-electron chi connectivity index (χ3n) is 5.24. The van der Waals surface area contributed by atoms with Gasteiger partial charge in [0.25, 0.3) is 11.8 Å². The van der Waals surface area contributed by atoms with Crippen molar-refractivity contribution in [2.75, 3.05) is 25.0 Å². The van der Waals surface area contributed by atoms with Gasteiger partial charge in [0.05, 0.1) is 0 Å². The van der Waals surface area contributed by atoms with Crippen molar-refractivity contribution in [1.82, 2.24) is 15.1 Å². The number of rotatable bonds is 6. The molecule has 0 saturated carbocycles. The number of nitrogens with one attached hydrogen (secondary N) is 1. The lowest BCUT2D eigenvalue weighted by molar-refractivity contribution is -0.134. The Bertz CT molecular complexity index is 1090. The van der Waals surface area contributed by atoms with Gasteiger partial charge in [-0.25, -0.2) is 4.39 Å². The van der Waals surface area contributed by atoms with Gasteiger partial charge in [0.1, 0.15) is 16.6 Å². The second kappa shape index (κ2) is 9.86. The van der Waals surface area contributed by atoms with Gasteiger partial charge in [-0.1, -0.05) is 29.0 Å². The minimum absolute atomic E-state index is 0.0250. The van der Waals surface area contributed by atoms with Crippen LogP contribution in [0.1, 0.15) is 39.1 Å². The SMILES string of the molecule is Cc1ccc(NC(=O)c2nnc([C@@H]3CCCN(C(=O)COc4ccc(F)cc4)C3)s2)cc1. The topological polar surface area (TPSA) is 84.4 Å². The molecule has 32 heavy (non-hydrogen) atoms. The van der Waals surface area contributed by atoms with Crippen LogP contribution in [0.2, 0.25) is 0 Å². The molecule has 1 aromatic heterocycles. The zero-order valence-corrected chi connectivity index (χ0v) is 18.4. The maximum Gasteiger partial charge on any atom is 0.286 e. The summed E-state index contributed by atoms with van der Waals surface area (Å²) in [7, 11) is 0. The predicted molar refractivity (Wildman–Crippen MR) is 119 cm³/mol. The van der Waals surface area contributed by atoms with E-state index in [0.717, 1.165) is 23.4 Å². The number of ether oxygens (including phenoxy) is 1. The number of likely N-dealkylation sites (tertiary alicyclic amines) is 1. The van der Waals surface area contributed by atoms with Gasteiger partial charge in [-0.05, 0) is 56.2 Å².